The summed E-state index contributed by atoms with van der Waals surface area (Å²) in [5.74, 6) is -1.99. The van der Waals surface area contributed by atoms with Crippen LogP contribution in [0.3, 0.4) is 0 Å². The number of esters is 1. The van der Waals surface area contributed by atoms with Gasteiger partial charge >= 0.3 is 12.1 Å². The van der Waals surface area contributed by atoms with Crippen molar-refractivity contribution in [3.63, 3.8) is 0 Å². The number of likely N-dealkylation sites (tertiary alicyclic amines) is 1. The number of imide groups is 1. The second kappa shape index (κ2) is 10.4. The highest BCUT2D eigenvalue weighted by Crippen LogP contribution is 2.28. The number of benzene rings is 2. The predicted molar refractivity (Wildman–Crippen MR) is 124 cm³/mol. The maximum atomic E-state index is 12.6. The highest BCUT2D eigenvalue weighted by atomic mass is 16.6. The summed E-state index contributed by atoms with van der Waals surface area (Å²) in [5.41, 5.74) is 1.18. The quantitative estimate of drug-likeness (QED) is 0.499. The lowest BCUT2D eigenvalue weighted by atomic mass is 10.1. The third kappa shape index (κ3) is 5.16. The second-order valence-corrected chi connectivity index (χ2v) is 8.14. The Bertz CT molecular complexity index is 1120. The van der Waals surface area contributed by atoms with E-state index in [-0.39, 0.29) is 17.7 Å². The number of nitrogens with zero attached hydrogens (tertiary/aromatic N) is 2. The number of hydrogen-bond acceptors (Lipinski definition) is 7. The normalized spacial score (nSPS) is 15.6. The lowest BCUT2D eigenvalue weighted by Crippen LogP contribution is -2.47. The molecule has 1 fully saturated rings. The van der Waals surface area contributed by atoms with Gasteiger partial charge in [-0.05, 0) is 56.2 Å². The van der Waals surface area contributed by atoms with Gasteiger partial charge in [-0.1, -0.05) is 12.1 Å². The van der Waals surface area contributed by atoms with Crippen molar-refractivity contribution in [1.29, 1.82) is 0 Å². The molecule has 4 amide bonds. The van der Waals surface area contributed by atoms with Crippen LogP contribution in [0.5, 0.6) is 0 Å². The molecule has 35 heavy (non-hydrogen) atoms. The summed E-state index contributed by atoms with van der Waals surface area (Å²) in [6.07, 6.45) is 0.801. The molecule has 0 radical (unpaired) electrons. The van der Waals surface area contributed by atoms with E-state index >= 15 is 0 Å². The van der Waals surface area contributed by atoms with Crippen LogP contribution in [-0.4, -0.2) is 67.0 Å². The summed E-state index contributed by atoms with van der Waals surface area (Å²) in [7, 11) is 0. The molecule has 0 aromatic heterocycles. The van der Waals surface area contributed by atoms with Crippen molar-refractivity contribution in [2.45, 2.75) is 25.8 Å². The van der Waals surface area contributed by atoms with E-state index in [4.69, 9.17) is 9.47 Å². The SMILES string of the molecule is CCOC(=O)N1CCC(NC(=O)COC(=O)c2ccc(N3C(=O)c4ccccc4C3=O)cc2)CC1. The zero-order valence-corrected chi connectivity index (χ0v) is 19.2. The monoisotopic (exact) mass is 479 g/mol. The molecule has 0 aliphatic carbocycles. The van der Waals surface area contributed by atoms with Crippen LogP contribution in [0, 0.1) is 0 Å². The first kappa shape index (κ1) is 23.9. The Morgan fingerprint density at radius 3 is 2.09 bits per heavy atom. The Hall–Kier alpha value is -4.21. The van der Waals surface area contributed by atoms with Gasteiger partial charge in [-0.2, -0.15) is 0 Å². The first-order valence-corrected chi connectivity index (χ1v) is 11.3. The van der Waals surface area contributed by atoms with Crippen molar-refractivity contribution in [3.05, 3.63) is 65.2 Å². The average Bonchev–Trinajstić information content (AvgIpc) is 3.13. The highest BCUT2D eigenvalue weighted by molar-refractivity contribution is 6.34. The number of anilines is 1. The smallest absolute Gasteiger partial charge is 0.409 e. The van der Waals surface area contributed by atoms with Crippen LogP contribution in [0.4, 0.5) is 10.5 Å². The summed E-state index contributed by atoms with van der Waals surface area (Å²) in [4.78, 5) is 64.1. The molecule has 0 saturated carbocycles. The maximum absolute atomic E-state index is 12.6. The van der Waals surface area contributed by atoms with E-state index in [2.05, 4.69) is 5.32 Å². The molecule has 0 unspecified atom stereocenters. The molecule has 1 N–H and O–H groups in total. The first-order valence-electron chi connectivity index (χ1n) is 11.3. The number of carbonyl (C=O) groups excluding carboxylic acids is 5. The third-order valence-corrected chi connectivity index (χ3v) is 5.88. The van der Waals surface area contributed by atoms with E-state index in [1.54, 1.807) is 36.1 Å². The molecule has 2 aromatic rings. The summed E-state index contributed by atoms with van der Waals surface area (Å²) in [6, 6.07) is 12.3. The zero-order valence-electron chi connectivity index (χ0n) is 19.2. The minimum absolute atomic E-state index is 0.120. The van der Waals surface area contributed by atoms with Gasteiger partial charge < -0.3 is 19.7 Å². The van der Waals surface area contributed by atoms with Gasteiger partial charge in [0, 0.05) is 19.1 Å². The van der Waals surface area contributed by atoms with Crippen molar-refractivity contribution < 1.29 is 33.4 Å². The van der Waals surface area contributed by atoms with Gasteiger partial charge in [0.05, 0.1) is 29.0 Å². The molecular formula is C25H25N3O7. The summed E-state index contributed by atoms with van der Waals surface area (Å²) < 4.78 is 10.1. The van der Waals surface area contributed by atoms with E-state index in [1.165, 1.54) is 24.3 Å². The number of ether oxygens (including phenoxy) is 2. The molecule has 0 spiro atoms. The molecule has 1 saturated heterocycles. The number of carbonyl (C=O) groups is 5. The van der Waals surface area contributed by atoms with Crippen LogP contribution >= 0.6 is 0 Å². The van der Waals surface area contributed by atoms with E-state index in [0.29, 0.717) is 49.4 Å². The van der Waals surface area contributed by atoms with Gasteiger partial charge in [0.25, 0.3) is 17.7 Å². The molecule has 10 nitrogen and oxygen atoms in total. The molecule has 4 rings (SSSR count). The second-order valence-electron chi connectivity index (χ2n) is 8.14. The van der Waals surface area contributed by atoms with Crippen LogP contribution in [0.15, 0.2) is 48.5 Å². The Kier molecular flexibility index (Phi) is 7.09. The van der Waals surface area contributed by atoms with Crippen LogP contribution in [0.2, 0.25) is 0 Å². The standard InChI is InChI=1S/C25H25N3O7/c1-2-34-25(33)27-13-11-17(12-14-27)26-21(29)15-35-24(32)16-7-9-18(10-8-16)28-22(30)19-5-3-4-6-20(19)23(28)31/h3-10,17H,2,11-15H2,1H3,(H,26,29). The summed E-state index contributed by atoms with van der Waals surface area (Å²) in [6.45, 7) is 2.56. The molecule has 0 bridgehead atoms. The van der Waals surface area contributed by atoms with Crippen molar-refractivity contribution in [3.8, 4) is 0 Å². The van der Waals surface area contributed by atoms with Gasteiger partial charge in [0.2, 0.25) is 0 Å². The number of hydrogen-bond donors (Lipinski definition) is 1. The van der Waals surface area contributed by atoms with Gasteiger partial charge in [0.15, 0.2) is 6.61 Å². The molecule has 182 valence electrons. The minimum atomic E-state index is -0.703. The van der Waals surface area contributed by atoms with Gasteiger partial charge in [-0.25, -0.2) is 14.5 Å². The molecule has 0 atom stereocenters. The van der Waals surface area contributed by atoms with Crippen LogP contribution in [0.25, 0.3) is 0 Å². The molecule has 2 aliphatic rings. The lowest BCUT2D eigenvalue weighted by Gasteiger charge is -2.31. The number of rotatable bonds is 6. The van der Waals surface area contributed by atoms with E-state index in [0.717, 1.165) is 4.90 Å². The van der Waals surface area contributed by atoms with E-state index in [9.17, 15) is 24.0 Å². The van der Waals surface area contributed by atoms with Crippen LogP contribution in [0.1, 0.15) is 50.8 Å². The Labute approximate surface area is 201 Å². The largest absolute Gasteiger partial charge is 0.452 e. The van der Waals surface area contributed by atoms with Gasteiger partial charge in [-0.3, -0.25) is 14.4 Å². The highest BCUT2D eigenvalue weighted by Gasteiger charge is 2.36. The molecule has 2 aromatic carbocycles. The maximum Gasteiger partial charge on any atom is 0.409 e. The predicted octanol–water partition coefficient (Wildman–Crippen LogP) is 2.38. The Morgan fingerprint density at radius 1 is 0.914 bits per heavy atom. The number of nitrogens with one attached hydrogen (secondary N) is 1. The first-order chi connectivity index (χ1) is 16.9. The number of piperidine rings is 1. The van der Waals surface area contributed by atoms with Gasteiger partial charge in [-0.15, -0.1) is 0 Å². The number of fused-ring (bicyclic) bond motifs is 1. The third-order valence-electron chi connectivity index (χ3n) is 5.88. The van der Waals surface area contributed by atoms with E-state index in [1.807, 2.05) is 0 Å². The fourth-order valence-electron chi connectivity index (χ4n) is 4.08. The minimum Gasteiger partial charge on any atom is -0.452 e. The molecule has 2 heterocycles. The molecular weight excluding hydrogens is 454 g/mol. The molecule has 2 aliphatic heterocycles. The lowest BCUT2D eigenvalue weighted by molar-refractivity contribution is -0.125. The summed E-state index contributed by atoms with van der Waals surface area (Å²) in [5, 5.41) is 2.81. The fraction of sp³-hybridized carbons (Fsp3) is 0.320. The van der Waals surface area contributed by atoms with Crippen LogP contribution < -0.4 is 10.2 Å². The van der Waals surface area contributed by atoms with Crippen molar-refractivity contribution in [1.82, 2.24) is 10.2 Å². The fourth-order valence-corrected chi connectivity index (χ4v) is 4.08. The van der Waals surface area contributed by atoms with Crippen molar-refractivity contribution in [2.24, 2.45) is 0 Å². The Balaban J connectivity index is 1.26. The average molecular weight is 479 g/mol. The number of amides is 4. The Morgan fingerprint density at radius 2 is 1.51 bits per heavy atom. The van der Waals surface area contributed by atoms with E-state index < -0.39 is 30.3 Å². The van der Waals surface area contributed by atoms with Crippen LogP contribution in [-0.2, 0) is 14.3 Å². The summed E-state index contributed by atoms with van der Waals surface area (Å²) >= 11 is 0. The van der Waals surface area contributed by atoms with Gasteiger partial charge in [0.1, 0.15) is 0 Å². The molecule has 10 heteroatoms. The zero-order chi connectivity index (χ0) is 24.9. The van der Waals surface area contributed by atoms with Crippen molar-refractivity contribution in [2.75, 3.05) is 31.2 Å². The van der Waals surface area contributed by atoms with Crippen molar-refractivity contribution >= 4 is 35.5 Å². The topological polar surface area (TPSA) is 122 Å².